The fourth-order valence-electron chi connectivity index (χ4n) is 5.65. The van der Waals surface area contributed by atoms with Gasteiger partial charge < -0.3 is 25.2 Å². The predicted molar refractivity (Wildman–Crippen MR) is 126 cm³/mol. The third-order valence-electron chi connectivity index (χ3n) is 8.14. The molecule has 5 rings (SSSR count). The minimum atomic E-state index is -1.40. The van der Waals surface area contributed by atoms with E-state index in [0.29, 0.717) is 28.3 Å². The molecule has 2 saturated carbocycles. The molecule has 2 aromatic rings. The summed E-state index contributed by atoms with van der Waals surface area (Å²) in [5, 5.41) is 40.7. The molecule has 1 saturated heterocycles. The Hall–Kier alpha value is -1.47. The van der Waals surface area contributed by atoms with Crippen molar-refractivity contribution < 1.29 is 25.2 Å². The summed E-state index contributed by atoms with van der Waals surface area (Å²) in [7, 11) is 0. The van der Waals surface area contributed by atoms with E-state index in [1.165, 1.54) is 44.1 Å². The predicted octanol–water partition coefficient (Wildman–Crippen LogP) is 3.88. The van der Waals surface area contributed by atoms with Crippen molar-refractivity contribution in [3.63, 3.8) is 0 Å². The van der Waals surface area contributed by atoms with Gasteiger partial charge in [-0.25, -0.2) is 0 Å². The third kappa shape index (κ3) is 4.72. The van der Waals surface area contributed by atoms with Gasteiger partial charge in [-0.3, -0.25) is 0 Å². The Morgan fingerprint density at radius 2 is 1.52 bits per heavy atom. The van der Waals surface area contributed by atoms with Crippen LogP contribution in [-0.2, 0) is 11.2 Å². The molecule has 33 heavy (non-hydrogen) atoms. The molecule has 1 spiro atoms. The second kappa shape index (κ2) is 9.29. The number of hydrogen-bond donors (Lipinski definition) is 4. The summed E-state index contributed by atoms with van der Waals surface area (Å²) in [5.41, 5.74) is 4.84. The van der Waals surface area contributed by atoms with Crippen LogP contribution in [0, 0.1) is 5.41 Å². The summed E-state index contributed by atoms with van der Waals surface area (Å²) in [5.74, 6) is 0.670. The van der Waals surface area contributed by atoms with Crippen LogP contribution in [0.25, 0.3) is 0 Å². The van der Waals surface area contributed by atoms with Crippen molar-refractivity contribution in [3.05, 3.63) is 69.7 Å². The number of rotatable bonds is 5. The molecule has 4 N–H and O–H groups in total. The molecule has 2 aromatic carbocycles. The Morgan fingerprint density at radius 3 is 2.15 bits per heavy atom. The van der Waals surface area contributed by atoms with Crippen molar-refractivity contribution in [2.24, 2.45) is 5.41 Å². The van der Waals surface area contributed by atoms with E-state index >= 15 is 0 Å². The van der Waals surface area contributed by atoms with Crippen molar-refractivity contribution in [3.8, 4) is 0 Å². The van der Waals surface area contributed by atoms with Gasteiger partial charge in [0.15, 0.2) is 0 Å². The highest BCUT2D eigenvalue weighted by Gasteiger charge is 2.45. The smallest absolute Gasteiger partial charge is 0.113 e. The maximum atomic E-state index is 10.5. The summed E-state index contributed by atoms with van der Waals surface area (Å²) in [4.78, 5) is 0. The molecular formula is C27H33ClO5. The minimum Gasteiger partial charge on any atom is -0.394 e. The summed E-state index contributed by atoms with van der Waals surface area (Å²) < 4.78 is 5.71. The maximum absolute atomic E-state index is 10.5. The van der Waals surface area contributed by atoms with E-state index < -0.39 is 37.1 Å². The van der Waals surface area contributed by atoms with Crippen LogP contribution < -0.4 is 0 Å². The number of halogens is 1. The lowest BCUT2D eigenvalue weighted by molar-refractivity contribution is -0.231. The van der Waals surface area contributed by atoms with Crippen LogP contribution in [0.2, 0.25) is 5.02 Å². The molecule has 3 aliphatic rings. The fourth-order valence-corrected chi connectivity index (χ4v) is 5.84. The Morgan fingerprint density at radius 1 is 0.848 bits per heavy atom. The van der Waals surface area contributed by atoms with Crippen LogP contribution in [0.5, 0.6) is 0 Å². The van der Waals surface area contributed by atoms with Crippen LogP contribution in [0.15, 0.2) is 42.5 Å². The van der Waals surface area contributed by atoms with Gasteiger partial charge in [-0.2, -0.15) is 0 Å². The van der Waals surface area contributed by atoms with Crippen LogP contribution in [-0.4, -0.2) is 51.4 Å². The van der Waals surface area contributed by atoms with Crippen LogP contribution in [0.4, 0.5) is 0 Å². The van der Waals surface area contributed by atoms with Gasteiger partial charge in [-0.05, 0) is 84.6 Å². The number of aliphatic hydroxyl groups excluding tert-OH is 4. The minimum absolute atomic E-state index is 0.448. The first kappa shape index (κ1) is 23.3. The van der Waals surface area contributed by atoms with E-state index in [1.807, 2.05) is 6.07 Å². The Kier molecular flexibility index (Phi) is 6.55. The molecule has 1 unspecified atom stereocenters. The molecular weight excluding hydrogens is 440 g/mol. The second-order valence-electron chi connectivity index (χ2n) is 10.3. The van der Waals surface area contributed by atoms with Gasteiger partial charge in [0.05, 0.1) is 6.61 Å². The molecule has 178 valence electrons. The van der Waals surface area contributed by atoms with Gasteiger partial charge in [0.1, 0.15) is 30.5 Å². The molecule has 0 bridgehead atoms. The summed E-state index contributed by atoms with van der Waals surface area (Å²) >= 11 is 6.48. The Labute approximate surface area is 200 Å². The van der Waals surface area contributed by atoms with Crippen LogP contribution >= 0.6 is 11.6 Å². The van der Waals surface area contributed by atoms with E-state index in [-0.39, 0.29) is 0 Å². The quantitative estimate of drug-likeness (QED) is 0.530. The van der Waals surface area contributed by atoms with Gasteiger partial charge in [-0.15, -0.1) is 0 Å². The van der Waals surface area contributed by atoms with E-state index in [1.54, 1.807) is 12.1 Å². The molecule has 0 aromatic heterocycles. The SMILES string of the molecule is OC[C@H]1OC(c2ccc(Cl)c(Cc3ccc(C4CCC5(CC4)CC5)cc3)c2)[C@H](O)[C@@H](O)[C@@H]1O. The fraction of sp³-hybridized carbons (Fsp3) is 0.556. The Bertz CT molecular complexity index is 961. The zero-order valence-electron chi connectivity index (χ0n) is 18.7. The molecule has 6 heteroatoms. The van der Waals surface area contributed by atoms with Crippen molar-refractivity contribution in [2.75, 3.05) is 6.61 Å². The largest absolute Gasteiger partial charge is 0.394 e. The topological polar surface area (TPSA) is 90.2 Å². The highest BCUT2D eigenvalue weighted by Crippen LogP contribution is 2.58. The van der Waals surface area contributed by atoms with Gasteiger partial charge >= 0.3 is 0 Å². The zero-order chi connectivity index (χ0) is 23.2. The summed E-state index contributed by atoms with van der Waals surface area (Å²) in [6.45, 7) is -0.448. The van der Waals surface area contributed by atoms with Crippen molar-refractivity contribution >= 4 is 11.6 Å². The van der Waals surface area contributed by atoms with Crippen LogP contribution in [0.1, 0.15) is 72.8 Å². The molecule has 3 fully saturated rings. The van der Waals surface area contributed by atoms with Gasteiger partial charge in [0.2, 0.25) is 0 Å². The standard InChI is InChI=1S/C27H33ClO5/c28-21-6-5-19(26-25(32)24(31)23(30)22(15-29)33-26)14-20(21)13-16-1-3-17(4-2-16)18-7-9-27(10-8-18)11-12-27/h1-6,14,18,22-26,29-32H,7-13,15H2/t22-,23-,24+,25-,26?/m1/s1. The molecule has 0 radical (unpaired) electrons. The molecule has 5 atom stereocenters. The molecule has 1 aliphatic heterocycles. The van der Waals surface area contributed by atoms with Gasteiger partial charge in [0, 0.05) is 5.02 Å². The normalized spacial score (nSPS) is 31.6. The number of hydrogen-bond acceptors (Lipinski definition) is 5. The van der Waals surface area contributed by atoms with Gasteiger partial charge in [-0.1, -0.05) is 48.0 Å². The third-order valence-corrected chi connectivity index (χ3v) is 8.51. The second-order valence-corrected chi connectivity index (χ2v) is 10.7. The lowest BCUT2D eigenvalue weighted by atomic mass is 9.77. The van der Waals surface area contributed by atoms with E-state index in [9.17, 15) is 20.4 Å². The number of aliphatic hydroxyl groups is 4. The monoisotopic (exact) mass is 472 g/mol. The van der Waals surface area contributed by atoms with E-state index in [4.69, 9.17) is 16.3 Å². The molecule has 2 aliphatic carbocycles. The van der Waals surface area contributed by atoms with E-state index in [0.717, 1.165) is 11.1 Å². The average Bonchev–Trinajstić information content (AvgIpc) is 3.59. The van der Waals surface area contributed by atoms with Crippen molar-refractivity contribution in [2.45, 2.75) is 81.4 Å². The lowest BCUT2D eigenvalue weighted by Gasteiger charge is -2.40. The van der Waals surface area contributed by atoms with Crippen molar-refractivity contribution in [1.82, 2.24) is 0 Å². The highest BCUT2D eigenvalue weighted by atomic mass is 35.5. The van der Waals surface area contributed by atoms with Gasteiger partial charge in [0.25, 0.3) is 0 Å². The number of ether oxygens (including phenoxy) is 1. The molecule has 0 amide bonds. The highest BCUT2D eigenvalue weighted by molar-refractivity contribution is 6.31. The molecule has 1 heterocycles. The maximum Gasteiger partial charge on any atom is 0.113 e. The molecule has 5 nitrogen and oxygen atoms in total. The Balaban J connectivity index is 1.29. The van der Waals surface area contributed by atoms with Crippen LogP contribution in [0.3, 0.4) is 0 Å². The number of benzene rings is 2. The first-order chi connectivity index (χ1) is 15.9. The first-order valence-corrected chi connectivity index (χ1v) is 12.4. The zero-order valence-corrected chi connectivity index (χ0v) is 19.5. The average molecular weight is 473 g/mol. The van der Waals surface area contributed by atoms with Crippen molar-refractivity contribution in [1.29, 1.82) is 0 Å². The first-order valence-electron chi connectivity index (χ1n) is 12.1. The summed E-state index contributed by atoms with van der Waals surface area (Å²) in [6.07, 6.45) is 2.98. The van der Waals surface area contributed by atoms with E-state index in [2.05, 4.69) is 24.3 Å². The summed E-state index contributed by atoms with van der Waals surface area (Å²) in [6, 6.07) is 14.2. The lowest BCUT2D eigenvalue weighted by Crippen LogP contribution is -2.55.